The average Bonchev–Trinajstić information content (AvgIpc) is 2.86. The molecule has 16 heavy (non-hydrogen) atoms. The fourth-order valence-corrected chi connectivity index (χ4v) is 2.79. The standard InChI is InChI=1S/C11H11Br2NOS/c1-7(10-3-2-4-16-10)14-6-8-5-9(12)11(13)15-8/h2-5,7,14H,6H2,1H3/t7-/m0/s1. The van der Waals surface area contributed by atoms with E-state index in [0.717, 1.165) is 21.4 Å². The van der Waals surface area contributed by atoms with Crippen LogP contribution in [0, 0.1) is 0 Å². The van der Waals surface area contributed by atoms with Gasteiger partial charge < -0.3 is 9.73 Å². The predicted octanol–water partition coefficient (Wildman–Crippen LogP) is 4.72. The lowest BCUT2D eigenvalue weighted by Crippen LogP contribution is -2.16. The van der Waals surface area contributed by atoms with Crippen LogP contribution in [0.25, 0.3) is 0 Å². The molecular formula is C11H11Br2NOS. The first-order chi connectivity index (χ1) is 7.66. The van der Waals surface area contributed by atoms with E-state index in [1.165, 1.54) is 4.88 Å². The monoisotopic (exact) mass is 363 g/mol. The van der Waals surface area contributed by atoms with E-state index >= 15 is 0 Å². The molecule has 2 rings (SSSR count). The van der Waals surface area contributed by atoms with Gasteiger partial charge >= 0.3 is 0 Å². The Hall–Kier alpha value is -0.100. The van der Waals surface area contributed by atoms with Crippen LogP contribution in [-0.4, -0.2) is 0 Å². The summed E-state index contributed by atoms with van der Waals surface area (Å²) in [7, 11) is 0. The number of rotatable bonds is 4. The van der Waals surface area contributed by atoms with Crippen LogP contribution in [-0.2, 0) is 6.54 Å². The molecule has 1 N–H and O–H groups in total. The summed E-state index contributed by atoms with van der Waals surface area (Å²) >= 11 is 8.48. The van der Waals surface area contributed by atoms with Gasteiger partial charge in [0.25, 0.3) is 0 Å². The molecule has 0 saturated carbocycles. The molecule has 0 aliphatic heterocycles. The van der Waals surface area contributed by atoms with Gasteiger partial charge in [-0.3, -0.25) is 0 Å². The van der Waals surface area contributed by atoms with Crippen molar-refractivity contribution in [2.24, 2.45) is 0 Å². The zero-order chi connectivity index (χ0) is 11.5. The van der Waals surface area contributed by atoms with Crippen LogP contribution in [0.15, 0.2) is 37.1 Å². The third-order valence-electron chi connectivity index (χ3n) is 2.25. The third-order valence-corrected chi connectivity index (χ3v) is 5.01. The van der Waals surface area contributed by atoms with E-state index in [-0.39, 0.29) is 0 Å². The van der Waals surface area contributed by atoms with Gasteiger partial charge in [0.15, 0.2) is 4.67 Å². The van der Waals surface area contributed by atoms with E-state index in [1.54, 1.807) is 11.3 Å². The number of furan rings is 1. The van der Waals surface area contributed by atoms with E-state index in [9.17, 15) is 0 Å². The molecule has 0 unspecified atom stereocenters. The fourth-order valence-electron chi connectivity index (χ4n) is 1.37. The maximum atomic E-state index is 5.49. The van der Waals surface area contributed by atoms with Gasteiger partial charge in [-0.25, -0.2) is 0 Å². The smallest absolute Gasteiger partial charge is 0.183 e. The summed E-state index contributed by atoms with van der Waals surface area (Å²) in [6.07, 6.45) is 0. The first-order valence-electron chi connectivity index (χ1n) is 4.87. The molecule has 0 amide bonds. The second-order valence-corrected chi connectivity index (χ2v) is 6.01. The summed E-state index contributed by atoms with van der Waals surface area (Å²) in [6.45, 7) is 2.88. The van der Waals surface area contributed by atoms with E-state index in [4.69, 9.17) is 4.42 Å². The summed E-state index contributed by atoms with van der Waals surface area (Å²) in [5.41, 5.74) is 0. The van der Waals surface area contributed by atoms with Gasteiger partial charge in [0, 0.05) is 10.9 Å². The second kappa shape index (κ2) is 5.49. The summed E-state index contributed by atoms with van der Waals surface area (Å²) in [5, 5.41) is 5.51. The van der Waals surface area contributed by atoms with Crippen molar-refractivity contribution >= 4 is 43.2 Å². The highest BCUT2D eigenvalue weighted by Crippen LogP contribution is 2.27. The zero-order valence-corrected chi connectivity index (χ0v) is 12.7. The molecule has 5 heteroatoms. The number of halogens is 2. The topological polar surface area (TPSA) is 25.2 Å². The minimum absolute atomic E-state index is 0.350. The van der Waals surface area contributed by atoms with Crippen LogP contribution >= 0.6 is 43.2 Å². The molecule has 0 aliphatic rings. The van der Waals surface area contributed by atoms with Gasteiger partial charge in [-0.05, 0) is 56.3 Å². The molecule has 1 atom stereocenters. The van der Waals surface area contributed by atoms with Crippen molar-refractivity contribution in [2.45, 2.75) is 19.5 Å². The highest BCUT2D eigenvalue weighted by Gasteiger charge is 2.09. The van der Waals surface area contributed by atoms with Crippen LogP contribution in [0.5, 0.6) is 0 Å². The highest BCUT2D eigenvalue weighted by atomic mass is 79.9. The first-order valence-corrected chi connectivity index (χ1v) is 7.34. The van der Waals surface area contributed by atoms with Gasteiger partial charge in [0.1, 0.15) is 5.76 Å². The van der Waals surface area contributed by atoms with Crippen LogP contribution in [0.3, 0.4) is 0 Å². The highest BCUT2D eigenvalue weighted by molar-refractivity contribution is 9.13. The quantitative estimate of drug-likeness (QED) is 0.849. The van der Waals surface area contributed by atoms with E-state index in [2.05, 4.69) is 61.6 Å². The van der Waals surface area contributed by atoms with Crippen molar-refractivity contribution in [2.75, 3.05) is 0 Å². The van der Waals surface area contributed by atoms with Crippen molar-refractivity contribution in [1.29, 1.82) is 0 Å². The number of hydrogen-bond acceptors (Lipinski definition) is 3. The summed E-state index contributed by atoms with van der Waals surface area (Å²) in [4.78, 5) is 1.34. The van der Waals surface area contributed by atoms with Crippen LogP contribution < -0.4 is 5.32 Å². The zero-order valence-electron chi connectivity index (χ0n) is 8.67. The minimum Gasteiger partial charge on any atom is -0.452 e. The molecule has 0 saturated heterocycles. The lowest BCUT2D eigenvalue weighted by atomic mass is 10.2. The molecule has 2 aromatic heterocycles. The molecule has 0 aromatic carbocycles. The lowest BCUT2D eigenvalue weighted by Gasteiger charge is -2.10. The van der Waals surface area contributed by atoms with Crippen LogP contribution in [0.4, 0.5) is 0 Å². The third kappa shape index (κ3) is 2.97. The summed E-state index contributed by atoms with van der Waals surface area (Å²) in [6, 6.07) is 6.52. The maximum absolute atomic E-state index is 5.49. The molecule has 0 fully saturated rings. The minimum atomic E-state index is 0.350. The van der Waals surface area contributed by atoms with Gasteiger partial charge in [-0.15, -0.1) is 11.3 Å². The molecule has 2 nitrogen and oxygen atoms in total. The Bertz CT molecular complexity index is 433. The average molecular weight is 365 g/mol. The van der Waals surface area contributed by atoms with Gasteiger partial charge in [-0.2, -0.15) is 0 Å². The summed E-state index contributed by atoms with van der Waals surface area (Å²) < 4.78 is 7.19. The van der Waals surface area contributed by atoms with Crippen molar-refractivity contribution in [3.63, 3.8) is 0 Å². The Morgan fingerprint density at radius 3 is 2.88 bits per heavy atom. The Morgan fingerprint density at radius 2 is 2.31 bits per heavy atom. The Morgan fingerprint density at radius 1 is 1.50 bits per heavy atom. The van der Waals surface area contributed by atoms with Crippen molar-refractivity contribution in [3.8, 4) is 0 Å². The Labute approximate surface area is 115 Å². The molecule has 2 heterocycles. The molecule has 0 aliphatic carbocycles. The van der Waals surface area contributed by atoms with Gasteiger partial charge in [-0.1, -0.05) is 6.07 Å². The Balaban J connectivity index is 1.92. The van der Waals surface area contributed by atoms with E-state index in [0.29, 0.717) is 6.04 Å². The van der Waals surface area contributed by atoms with Crippen molar-refractivity contribution < 1.29 is 4.42 Å². The number of thiophene rings is 1. The van der Waals surface area contributed by atoms with E-state index in [1.807, 2.05) is 6.07 Å². The molecule has 0 radical (unpaired) electrons. The number of nitrogens with one attached hydrogen (secondary N) is 1. The SMILES string of the molecule is C[C@H](NCc1cc(Br)c(Br)o1)c1cccs1. The Kier molecular flexibility index (Phi) is 4.24. The van der Waals surface area contributed by atoms with Crippen molar-refractivity contribution in [1.82, 2.24) is 5.32 Å². The maximum Gasteiger partial charge on any atom is 0.183 e. The molecule has 0 spiro atoms. The van der Waals surface area contributed by atoms with Crippen LogP contribution in [0.1, 0.15) is 23.6 Å². The fraction of sp³-hybridized carbons (Fsp3) is 0.273. The van der Waals surface area contributed by atoms with Gasteiger partial charge in [0.05, 0.1) is 11.0 Å². The lowest BCUT2D eigenvalue weighted by molar-refractivity contribution is 0.448. The number of hydrogen-bond donors (Lipinski definition) is 1. The first kappa shape index (κ1) is 12.4. The predicted molar refractivity (Wildman–Crippen MR) is 73.7 cm³/mol. The van der Waals surface area contributed by atoms with Crippen molar-refractivity contribution in [3.05, 3.63) is 43.4 Å². The molecule has 86 valence electrons. The largest absolute Gasteiger partial charge is 0.452 e. The van der Waals surface area contributed by atoms with E-state index < -0.39 is 0 Å². The molecular weight excluding hydrogens is 354 g/mol. The normalized spacial score (nSPS) is 12.9. The summed E-state index contributed by atoms with van der Waals surface area (Å²) in [5.74, 6) is 0.919. The second-order valence-electron chi connectivity index (χ2n) is 3.45. The van der Waals surface area contributed by atoms with Gasteiger partial charge in [0.2, 0.25) is 0 Å². The molecule has 0 bridgehead atoms. The van der Waals surface area contributed by atoms with Crippen LogP contribution in [0.2, 0.25) is 0 Å². The molecule has 2 aromatic rings.